The van der Waals surface area contributed by atoms with Crippen molar-refractivity contribution in [3.05, 3.63) is 87.4 Å². The zero-order chi connectivity index (χ0) is 23.9. The summed E-state index contributed by atoms with van der Waals surface area (Å²) in [6.45, 7) is 2.37. The van der Waals surface area contributed by atoms with Gasteiger partial charge in [0.2, 0.25) is 0 Å². The Morgan fingerprint density at radius 2 is 1.79 bits per heavy atom. The molecule has 1 saturated heterocycles. The average molecular weight is 498 g/mol. The van der Waals surface area contributed by atoms with Gasteiger partial charge in [0.05, 0.1) is 18.3 Å². The van der Waals surface area contributed by atoms with E-state index >= 15 is 0 Å². The fourth-order valence-electron chi connectivity index (χ4n) is 3.75. The number of methoxy groups -OCH3 is 1. The number of carbonyl (C=O) groups excluding carboxylic acids is 1. The van der Waals surface area contributed by atoms with Gasteiger partial charge >= 0.3 is 0 Å². The van der Waals surface area contributed by atoms with E-state index < -0.39 is 0 Å². The Morgan fingerprint density at radius 1 is 1.06 bits per heavy atom. The van der Waals surface area contributed by atoms with Gasteiger partial charge in [-0.05, 0) is 60.9 Å². The number of halogens is 2. The topological polar surface area (TPSA) is 63.2 Å². The zero-order valence-corrected chi connectivity index (χ0v) is 20.3. The van der Waals surface area contributed by atoms with Crippen LogP contribution in [0.2, 0.25) is 10.0 Å². The monoisotopic (exact) mass is 497 g/mol. The molecule has 0 saturated carbocycles. The van der Waals surface area contributed by atoms with E-state index in [1.165, 1.54) is 26.2 Å². The highest BCUT2D eigenvalue weighted by Gasteiger charge is 2.14. The summed E-state index contributed by atoms with van der Waals surface area (Å²) >= 11 is 12.6. The van der Waals surface area contributed by atoms with Crippen LogP contribution in [0.3, 0.4) is 0 Å². The van der Waals surface area contributed by atoms with E-state index in [-0.39, 0.29) is 12.5 Å². The largest absolute Gasteiger partial charge is 0.493 e. The van der Waals surface area contributed by atoms with Crippen LogP contribution in [-0.2, 0) is 6.61 Å². The number of hydrogen-bond donors (Lipinski definition) is 1. The van der Waals surface area contributed by atoms with Gasteiger partial charge in [0.15, 0.2) is 11.5 Å². The molecule has 34 heavy (non-hydrogen) atoms. The fraction of sp³-hybridized carbons (Fsp3) is 0.231. The summed E-state index contributed by atoms with van der Waals surface area (Å²) in [4.78, 5) is 14.8. The maximum atomic E-state index is 12.4. The first-order valence-corrected chi connectivity index (χ1v) is 11.7. The molecule has 0 aliphatic carbocycles. The Bertz CT molecular complexity index is 1180. The van der Waals surface area contributed by atoms with Gasteiger partial charge in [-0.2, -0.15) is 5.10 Å². The second-order valence-corrected chi connectivity index (χ2v) is 8.67. The normalized spacial score (nSPS) is 13.3. The van der Waals surface area contributed by atoms with Gasteiger partial charge in [-0.1, -0.05) is 41.4 Å². The van der Waals surface area contributed by atoms with Gasteiger partial charge < -0.3 is 14.4 Å². The quantitative estimate of drug-likeness (QED) is 0.308. The lowest BCUT2D eigenvalue weighted by Gasteiger charge is -2.17. The molecule has 1 fully saturated rings. The summed E-state index contributed by atoms with van der Waals surface area (Å²) in [5.41, 5.74) is 5.71. The molecule has 3 aromatic carbocycles. The highest BCUT2D eigenvalue weighted by molar-refractivity contribution is 6.32. The molecule has 1 amide bonds. The van der Waals surface area contributed by atoms with Crippen molar-refractivity contribution in [3.8, 4) is 11.5 Å². The number of ether oxygens (including phenoxy) is 2. The number of carbonyl (C=O) groups is 1. The lowest BCUT2D eigenvalue weighted by Crippen LogP contribution is -2.19. The lowest BCUT2D eigenvalue weighted by atomic mass is 10.2. The first-order valence-electron chi connectivity index (χ1n) is 11.0. The highest BCUT2D eigenvalue weighted by atomic mass is 35.5. The molecule has 1 aliphatic heterocycles. The Kier molecular flexibility index (Phi) is 7.93. The van der Waals surface area contributed by atoms with Crippen LogP contribution in [-0.4, -0.2) is 32.3 Å². The third-order valence-electron chi connectivity index (χ3n) is 5.56. The van der Waals surface area contributed by atoms with Gasteiger partial charge in [0.25, 0.3) is 5.91 Å². The van der Waals surface area contributed by atoms with Crippen LogP contribution < -0.4 is 19.8 Å². The highest BCUT2D eigenvalue weighted by Crippen LogP contribution is 2.37. The van der Waals surface area contributed by atoms with Crippen molar-refractivity contribution in [1.82, 2.24) is 5.43 Å². The SMILES string of the molecule is COc1cc(/C=N\NC(=O)c2ccc(N3CCCC3)cc2)cc(Cl)c1OCc1ccccc1Cl. The van der Waals surface area contributed by atoms with Crippen molar-refractivity contribution in [3.63, 3.8) is 0 Å². The second kappa shape index (κ2) is 11.3. The molecule has 6 nitrogen and oxygen atoms in total. The minimum Gasteiger partial charge on any atom is -0.493 e. The Balaban J connectivity index is 1.39. The zero-order valence-electron chi connectivity index (χ0n) is 18.8. The molecular weight excluding hydrogens is 473 g/mol. The molecule has 0 unspecified atom stereocenters. The molecule has 3 aromatic rings. The molecule has 0 aromatic heterocycles. The number of nitrogens with one attached hydrogen (secondary N) is 1. The Labute approximate surface area is 209 Å². The summed E-state index contributed by atoms with van der Waals surface area (Å²) in [6, 6.07) is 18.4. The van der Waals surface area contributed by atoms with Gasteiger partial charge in [-0.25, -0.2) is 5.43 Å². The van der Waals surface area contributed by atoms with Crippen LogP contribution in [0.1, 0.15) is 34.3 Å². The number of rotatable bonds is 8. The first kappa shape index (κ1) is 23.9. The maximum Gasteiger partial charge on any atom is 0.271 e. The van der Waals surface area contributed by atoms with Crippen molar-refractivity contribution in [2.75, 3.05) is 25.1 Å². The summed E-state index contributed by atoms with van der Waals surface area (Å²) in [5.74, 6) is 0.565. The predicted octanol–water partition coefficient (Wildman–Crippen LogP) is 5.95. The standard InChI is InChI=1S/C26H25Cl2N3O3/c1-33-24-15-18(14-23(28)25(24)34-17-20-6-2-3-7-22(20)27)16-29-30-26(32)19-8-10-21(11-9-19)31-12-4-5-13-31/h2-3,6-11,14-16H,4-5,12-13,17H2,1H3,(H,30,32)/b29-16-. The van der Waals surface area contributed by atoms with Crippen molar-refractivity contribution >= 4 is 41.0 Å². The third-order valence-corrected chi connectivity index (χ3v) is 6.21. The molecule has 8 heteroatoms. The third kappa shape index (κ3) is 5.82. The number of hydrazone groups is 1. The summed E-state index contributed by atoms with van der Waals surface area (Å²) < 4.78 is 11.3. The van der Waals surface area contributed by atoms with E-state index in [1.54, 1.807) is 18.2 Å². The van der Waals surface area contributed by atoms with Crippen LogP contribution in [0.4, 0.5) is 5.69 Å². The second-order valence-electron chi connectivity index (χ2n) is 7.85. The number of amides is 1. The fourth-order valence-corrected chi connectivity index (χ4v) is 4.21. The number of anilines is 1. The minimum atomic E-state index is -0.290. The maximum absolute atomic E-state index is 12.4. The van der Waals surface area contributed by atoms with E-state index in [0.717, 1.165) is 24.3 Å². The van der Waals surface area contributed by atoms with Crippen LogP contribution in [0, 0.1) is 0 Å². The van der Waals surface area contributed by atoms with Crippen molar-refractivity contribution < 1.29 is 14.3 Å². The van der Waals surface area contributed by atoms with E-state index in [2.05, 4.69) is 15.4 Å². The van der Waals surface area contributed by atoms with Gasteiger partial charge in [0, 0.05) is 34.9 Å². The van der Waals surface area contributed by atoms with E-state index in [9.17, 15) is 4.79 Å². The molecule has 1 aliphatic rings. The molecule has 0 radical (unpaired) electrons. The lowest BCUT2D eigenvalue weighted by molar-refractivity contribution is 0.0955. The molecular formula is C26H25Cl2N3O3. The van der Waals surface area contributed by atoms with E-state index in [0.29, 0.717) is 32.7 Å². The van der Waals surface area contributed by atoms with Crippen molar-refractivity contribution in [1.29, 1.82) is 0 Å². The molecule has 4 rings (SSSR count). The molecule has 1 heterocycles. The van der Waals surface area contributed by atoms with Crippen LogP contribution >= 0.6 is 23.2 Å². The predicted molar refractivity (Wildman–Crippen MR) is 137 cm³/mol. The number of benzene rings is 3. The molecule has 176 valence electrons. The molecule has 0 spiro atoms. The van der Waals surface area contributed by atoms with Crippen molar-refractivity contribution in [2.45, 2.75) is 19.4 Å². The number of nitrogens with zero attached hydrogens (tertiary/aromatic N) is 2. The number of hydrogen-bond acceptors (Lipinski definition) is 5. The molecule has 0 bridgehead atoms. The summed E-state index contributed by atoms with van der Waals surface area (Å²) in [5, 5.41) is 5.03. The van der Waals surface area contributed by atoms with Gasteiger partial charge in [0.1, 0.15) is 6.61 Å². The molecule has 0 atom stereocenters. The Hall–Kier alpha value is -3.22. The first-order chi connectivity index (χ1) is 16.5. The minimum absolute atomic E-state index is 0.246. The van der Waals surface area contributed by atoms with Gasteiger partial charge in [-0.3, -0.25) is 4.79 Å². The molecule has 1 N–H and O–H groups in total. The van der Waals surface area contributed by atoms with Crippen LogP contribution in [0.15, 0.2) is 65.8 Å². The van der Waals surface area contributed by atoms with Crippen molar-refractivity contribution in [2.24, 2.45) is 5.10 Å². The van der Waals surface area contributed by atoms with Gasteiger partial charge in [-0.15, -0.1) is 0 Å². The van der Waals surface area contributed by atoms with E-state index in [1.807, 2.05) is 42.5 Å². The smallest absolute Gasteiger partial charge is 0.271 e. The Morgan fingerprint density at radius 3 is 2.50 bits per heavy atom. The average Bonchev–Trinajstić information content (AvgIpc) is 3.39. The van der Waals surface area contributed by atoms with Crippen LogP contribution in [0.25, 0.3) is 0 Å². The summed E-state index contributed by atoms with van der Waals surface area (Å²) in [6.07, 6.45) is 3.92. The van der Waals surface area contributed by atoms with Crippen LogP contribution in [0.5, 0.6) is 11.5 Å². The van der Waals surface area contributed by atoms with E-state index in [4.69, 9.17) is 32.7 Å². The summed E-state index contributed by atoms with van der Waals surface area (Å²) in [7, 11) is 1.53.